The van der Waals surface area contributed by atoms with Crippen molar-refractivity contribution in [3.05, 3.63) is 63.9 Å². The van der Waals surface area contributed by atoms with Crippen molar-refractivity contribution >= 4 is 34.4 Å². The third-order valence-electron chi connectivity index (χ3n) is 4.82. The highest BCUT2D eigenvalue weighted by Gasteiger charge is 2.22. The molecular weight excluding hydrogens is 408 g/mol. The molecule has 32 heavy (non-hydrogen) atoms. The van der Waals surface area contributed by atoms with E-state index >= 15 is 0 Å². The maximum absolute atomic E-state index is 12.6. The number of carboxylic acids is 1. The third kappa shape index (κ3) is 5.13. The molecule has 0 bridgehead atoms. The van der Waals surface area contributed by atoms with Crippen molar-refractivity contribution in [3.63, 3.8) is 0 Å². The fraction of sp³-hybridized carbons (Fsp3) is 0.250. The Balaban J connectivity index is 1.88. The number of anilines is 2. The number of aromatic carboxylic acids is 1. The molecule has 1 amide bonds. The van der Waals surface area contributed by atoms with Gasteiger partial charge in [0.1, 0.15) is 0 Å². The first-order valence-electron chi connectivity index (χ1n) is 9.94. The van der Waals surface area contributed by atoms with Crippen LogP contribution in [0.15, 0.2) is 47.3 Å². The molecule has 0 atom stereocenters. The number of terminal acetylenes is 1. The molecule has 3 N–H and O–H groups in total. The van der Waals surface area contributed by atoms with E-state index in [-0.39, 0.29) is 23.0 Å². The summed E-state index contributed by atoms with van der Waals surface area (Å²) in [4.78, 5) is 44.7. The number of fused-ring (bicyclic) bond motifs is 1. The molecule has 3 rings (SSSR count). The second kappa shape index (κ2) is 8.94. The predicted molar refractivity (Wildman–Crippen MR) is 124 cm³/mol. The van der Waals surface area contributed by atoms with Gasteiger partial charge in [0, 0.05) is 17.6 Å². The summed E-state index contributed by atoms with van der Waals surface area (Å²) in [6.45, 7) is 6.02. The lowest BCUT2D eigenvalue weighted by atomic mass is 9.96. The van der Waals surface area contributed by atoms with Crippen LogP contribution in [0.4, 0.5) is 11.6 Å². The molecule has 0 saturated carbocycles. The molecule has 0 unspecified atom stereocenters. The Morgan fingerprint density at radius 1 is 1.19 bits per heavy atom. The lowest BCUT2D eigenvalue weighted by Gasteiger charge is -2.23. The lowest BCUT2D eigenvalue weighted by Crippen LogP contribution is -2.29. The van der Waals surface area contributed by atoms with E-state index in [1.165, 1.54) is 12.1 Å². The first-order valence-corrected chi connectivity index (χ1v) is 9.94. The van der Waals surface area contributed by atoms with Gasteiger partial charge < -0.3 is 10.0 Å². The molecule has 164 valence electrons. The molecule has 0 fully saturated rings. The summed E-state index contributed by atoms with van der Waals surface area (Å²) in [6.07, 6.45) is 5.51. The smallest absolute Gasteiger partial charge is 0.335 e. The Hall–Kier alpha value is -4.12. The third-order valence-corrected chi connectivity index (χ3v) is 4.82. The first-order chi connectivity index (χ1) is 15.1. The van der Waals surface area contributed by atoms with Crippen LogP contribution in [-0.4, -0.2) is 33.5 Å². The summed E-state index contributed by atoms with van der Waals surface area (Å²) in [5.74, 6) is 1.44. The Labute approximate surface area is 185 Å². The van der Waals surface area contributed by atoms with Crippen LogP contribution in [-0.2, 0) is 11.3 Å². The largest absolute Gasteiger partial charge is 0.478 e. The average Bonchev–Trinajstić information content (AvgIpc) is 2.73. The normalized spacial score (nSPS) is 11.1. The van der Waals surface area contributed by atoms with E-state index < -0.39 is 11.4 Å². The molecule has 3 aromatic rings. The average molecular weight is 432 g/mol. The number of carboxylic acid groups (broad SMARTS) is 1. The number of carbonyl (C=O) groups excluding carboxylic acids is 1. The number of H-pyrrole nitrogens is 1. The minimum absolute atomic E-state index is 0.0997. The van der Waals surface area contributed by atoms with Gasteiger partial charge in [0.05, 0.1) is 23.0 Å². The first kappa shape index (κ1) is 22.6. The number of nitrogens with one attached hydrogen (secondary N) is 2. The highest BCUT2D eigenvalue weighted by Crippen LogP contribution is 2.20. The van der Waals surface area contributed by atoms with Gasteiger partial charge in [0.2, 0.25) is 11.9 Å². The van der Waals surface area contributed by atoms with Gasteiger partial charge >= 0.3 is 5.97 Å². The zero-order valence-electron chi connectivity index (χ0n) is 18.1. The molecule has 0 aliphatic rings. The molecule has 1 heterocycles. The highest BCUT2D eigenvalue weighted by molar-refractivity contribution is 5.93. The summed E-state index contributed by atoms with van der Waals surface area (Å²) in [5, 5.41) is 12.1. The maximum Gasteiger partial charge on any atom is 0.335 e. The Bertz CT molecular complexity index is 1260. The van der Waals surface area contributed by atoms with E-state index in [0.29, 0.717) is 24.0 Å². The van der Waals surface area contributed by atoms with Crippen LogP contribution in [0.1, 0.15) is 36.7 Å². The SMILES string of the molecule is C#CCN(Cc1ccc2nc(NC(=O)C(C)(C)C)[nH]c(=O)c2c1)c1ccc(C(=O)O)cc1. The van der Waals surface area contributed by atoms with Crippen molar-refractivity contribution in [2.45, 2.75) is 27.3 Å². The van der Waals surface area contributed by atoms with Gasteiger partial charge in [0.15, 0.2) is 0 Å². The predicted octanol–water partition coefficient (Wildman–Crippen LogP) is 3.25. The van der Waals surface area contributed by atoms with E-state index in [1.54, 1.807) is 45.0 Å². The van der Waals surface area contributed by atoms with Gasteiger partial charge in [-0.3, -0.25) is 19.9 Å². The van der Waals surface area contributed by atoms with E-state index in [2.05, 4.69) is 21.2 Å². The van der Waals surface area contributed by atoms with Crippen LogP contribution in [0.2, 0.25) is 0 Å². The van der Waals surface area contributed by atoms with Gasteiger partial charge in [-0.05, 0) is 42.0 Å². The van der Waals surface area contributed by atoms with Crippen LogP contribution < -0.4 is 15.8 Å². The second-order valence-corrected chi connectivity index (χ2v) is 8.38. The van der Waals surface area contributed by atoms with E-state index in [9.17, 15) is 14.4 Å². The molecule has 0 spiro atoms. The van der Waals surface area contributed by atoms with E-state index in [1.807, 2.05) is 11.0 Å². The topological polar surface area (TPSA) is 115 Å². The number of carbonyl (C=O) groups is 2. The number of amides is 1. The van der Waals surface area contributed by atoms with Gasteiger partial charge in [0.25, 0.3) is 5.56 Å². The second-order valence-electron chi connectivity index (χ2n) is 8.38. The van der Waals surface area contributed by atoms with Crippen LogP contribution in [0.5, 0.6) is 0 Å². The summed E-state index contributed by atoms with van der Waals surface area (Å²) >= 11 is 0. The molecule has 0 aliphatic carbocycles. The number of nitrogens with zero attached hydrogens (tertiary/aromatic N) is 2. The zero-order chi connectivity index (χ0) is 23.5. The van der Waals surface area contributed by atoms with E-state index in [0.717, 1.165) is 11.3 Å². The molecule has 8 heteroatoms. The number of benzene rings is 2. The fourth-order valence-electron chi connectivity index (χ4n) is 3.02. The van der Waals surface area contributed by atoms with Crippen LogP contribution >= 0.6 is 0 Å². The van der Waals surface area contributed by atoms with Crippen molar-refractivity contribution in [1.82, 2.24) is 9.97 Å². The summed E-state index contributed by atoms with van der Waals surface area (Å²) in [7, 11) is 0. The summed E-state index contributed by atoms with van der Waals surface area (Å²) in [5.41, 5.74) is 1.24. The summed E-state index contributed by atoms with van der Waals surface area (Å²) < 4.78 is 0. The number of rotatable bonds is 6. The quantitative estimate of drug-likeness (QED) is 0.515. The van der Waals surface area contributed by atoms with Gasteiger partial charge in [-0.25, -0.2) is 9.78 Å². The molecule has 0 saturated heterocycles. The van der Waals surface area contributed by atoms with Gasteiger partial charge in [-0.2, -0.15) is 0 Å². The number of hydrogen-bond acceptors (Lipinski definition) is 5. The van der Waals surface area contributed by atoms with Crippen molar-refractivity contribution < 1.29 is 14.7 Å². The van der Waals surface area contributed by atoms with Crippen LogP contribution in [0.25, 0.3) is 10.9 Å². The molecule has 8 nitrogen and oxygen atoms in total. The Morgan fingerprint density at radius 2 is 1.88 bits per heavy atom. The van der Waals surface area contributed by atoms with Crippen molar-refractivity contribution in [2.75, 3.05) is 16.8 Å². The monoisotopic (exact) mass is 432 g/mol. The van der Waals surface area contributed by atoms with Gasteiger partial charge in [-0.1, -0.05) is 32.8 Å². The minimum Gasteiger partial charge on any atom is -0.478 e. The van der Waals surface area contributed by atoms with Crippen LogP contribution in [0, 0.1) is 17.8 Å². The Morgan fingerprint density at radius 3 is 2.47 bits per heavy atom. The molecular formula is C24H24N4O4. The Kier molecular flexibility index (Phi) is 6.30. The highest BCUT2D eigenvalue weighted by atomic mass is 16.4. The number of aromatic nitrogens is 2. The number of hydrogen-bond donors (Lipinski definition) is 3. The summed E-state index contributed by atoms with van der Waals surface area (Å²) in [6, 6.07) is 11.7. The standard InChI is InChI=1S/C24H24N4O4/c1-5-12-28(17-9-7-16(8-10-17)21(30)31)14-15-6-11-19-18(13-15)20(29)26-23(25-19)27-22(32)24(2,3)4/h1,6-11,13H,12,14H2,2-4H3,(H,30,31)(H2,25,26,27,29,32). The van der Waals surface area contributed by atoms with Crippen molar-refractivity contribution in [1.29, 1.82) is 0 Å². The molecule has 0 aliphatic heterocycles. The van der Waals surface area contributed by atoms with Gasteiger partial charge in [-0.15, -0.1) is 6.42 Å². The maximum atomic E-state index is 12.6. The fourth-order valence-corrected chi connectivity index (χ4v) is 3.02. The molecule has 2 aromatic carbocycles. The minimum atomic E-state index is -1.00. The van der Waals surface area contributed by atoms with E-state index in [4.69, 9.17) is 11.5 Å². The van der Waals surface area contributed by atoms with Crippen molar-refractivity contribution in [3.8, 4) is 12.3 Å². The lowest BCUT2D eigenvalue weighted by molar-refractivity contribution is -0.123. The molecule has 1 aromatic heterocycles. The number of aromatic amines is 1. The molecule has 0 radical (unpaired) electrons. The van der Waals surface area contributed by atoms with Crippen molar-refractivity contribution in [2.24, 2.45) is 5.41 Å². The zero-order valence-corrected chi connectivity index (χ0v) is 18.1. The van der Waals surface area contributed by atoms with Crippen LogP contribution in [0.3, 0.4) is 0 Å².